The monoisotopic (exact) mass is 353 g/mol. The van der Waals surface area contributed by atoms with E-state index in [4.69, 9.17) is 0 Å². The first kappa shape index (κ1) is 17.8. The third-order valence-corrected chi connectivity index (χ3v) is 4.41. The molecule has 1 atom stereocenters. The summed E-state index contributed by atoms with van der Waals surface area (Å²) in [5.41, 5.74) is 5.13. The minimum absolute atomic E-state index is 0.0723. The van der Waals surface area contributed by atoms with Crippen molar-refractivity contribution < 1.29 is 14.0 Å². The molecule has 0 bridgehead atoms. The largest absolute Gasteiger partial charge is 0.312 e. The zero-order valence-electron chi connectivity index (χ0n) is 14.5. The SMILES string of the molecule is CCc1ccc(N2C[C@@H](C(=O)N/N=C/c3ccc(F)cc3)CC2=O)cc1. The van der Waals surface area contributed by atoms with Crippen LogP contribution in [-0.4, -0.2) is 24.6 Å². The molecule has 1 heterocycles. The van der Waals surface area contributed by atoms with E-state index in [-0.39, 0.29) is 24.1 Å². The molecule has 2 aromatic rings. The molecule has 6 heteroatoms. The summed E-state index contributed by atoms with van der Waals surface area (Å²) in [6.07, 6.45) is 2.54. The van der Waals surface area contributed by atoms with Crippen LogP contribution in [0.2, 0.25) is 0 Å². The molecule has 1 fully saturated rings. The summed E-state index contributed by atoms with van der Waals surface area (Å²) in [7, 11) is 0. The van der Waals surface area contributed by atoms with Gasteiger partial charge in [-0.3, -0.25) is 9.59 Å². The number of halogens is 1. The Morgan fingerprint density at radius 2 is 1.92 bits per heavy atom. The molecule has 26 heavy (non-hydrogen) atoms. The lowest BCUT2D eigenvalue weighted by atomic mass is 10.1. The molecule has 0 unspecified atom stereocenters. The van der Waals surface area contributed by atoms with Crippen molar-refractivity contribution in [1.29, 1.82) is 0 Å². The third kappa shape index (κ3) is 4.14. The Hall–Kier alpha value is -3.02. The van der Waals surface area contributed by atoms with Crippen LogP contribution >= 0.6 is 0 Å². The van der Waals surface area contributed by atoms with Gasteiger partial charge in [0.1, 0.15) is 5.82 Å². The number of nitrogens with zero attached hydrogens (tertiary/aromatic N) is 2. The lowest BCUT2D eigenvalue weighted by Crippen LogP contribution is -2.30. The van der Waals surface area contributed by atoms with E-state index < -0.39 is 5.92 Å². The van der Waals surface area contributed by atoms with E-state index in [1.807, 2.05) is 24.3 Å². The summed E-state index contributed by atoms with van der Waals surface area (Å²) in [5.74, 6) is -1.15. The Bertz CT molecular complexity index is 816. The quantitative estimate of drug-likeness (QED) is 0.664. The Labute approximate surface area is 151 Å². The molecule has 1 saturated heterocycles. The lowest BCUT2D eigenvalue weighted by Gasteiger charge is -2.16. The molecule has 0 saturated carbocycles. The molecular weight excluding hydrogens is 333 g/mol. The number of carbonyl (C=O) groups excluding carboxylic acids is 2. The maximum Gasteiger partial charge on any atom is 0.245 e. The molecule has 134 valence electrons. The van der Waals surface area contributed by atoms with Crippen LogP contribution in [-0.2, 0) is 16.0 Å². The minimum atomic E-state index is -0.446. The van der Waals surface area contributed by atoms with Gasteiger partial charge < -0.3 is 4.90 Å². The fourth-order valence-electron chi connectivity index (χ4n) is 2.85. The van der Waals surface area contributed by atoms with Crippen molar-refractivity contribution in [3.05, 3.63) is 65.5 Å². The molecule has 2 aromatic carbocycles. The highest BCUT2D eigenvalue weighted by atomic mass is 19.1. The molecular formula is C20H20FN3O2. The van der Waals surface area contributed by atoms with Crippen molar-refractivity contribution >= 4 is 23.7 Å². The third-order valence-electron chi connectivity index (χ3n) is 4.41. The van der Waals surface area contributed by atoms with Gasteiger partial charge in [0.2, 0.25) is 11.8 Å². The fraction of sp³-hybridized carbons (Fsp3) is 0.250. The molecule has 0 aliphatic carbocycles. The van der Waals surface area contributed by atoms with Crippen LogP contribution in [0, 0.1) is 11.7 Å². The van der Waals surface area contributed by atoms with E-state index in [1.54, 1.807) is 17.0 Å². The van der Waals surface area contributed by atoms with Crippen molar-refractivity contribution in [3.8, 4) is 0 Å². The average Bonchev–Trinajstić information content (AvgIpc) is 3.05. The van der Waals surface area contributed by atoms with E-state index in [9.17, 15) is 14.0 Å². The van der Waals surface area contributed by atoms with Crippen LogP contribution in [0.3, 0.4) is 0 Å². The van der Waals surface area contributed by atoms with Crippen LogP contribution < -0.4 is 10.3 Å². The van der Waals surface area contributed by atoms with Gasteiger partial charge in [-0.15, -0.1) is 0 Å². The van der Waals surface area contributed by atoms with Crippen LogP contribution in [0.5, 0.6) is 0 Å². The second-order valence-corrected chi connectivity index (χ2v) is 6.21. The van der Waals surface area contributed by atoms with Crippen molar-refractivity contribution in [2.45, 2.75) is 19.8 Å². The van der Waals surface area contributed by atoms with Gasteiger partial charge in [0.15, 0.2) is 0 Å². The highest BCUT2D eigenvalue weighted by Gasteiger charge is 2.35. The van der Waals surface area contributed by atoms with Gasteiger partial charge in [-0.05, 0) is 41.8 Å². The van der Waals surface area contributed by atoms with E-state index >= 15 is 0 Å². The maximum atomic E-state index is 12.8. The van der Waals surface area contributed by atoms with Gasteiger partial charge >= 0.3 is 0 Å². The molecule has 2 amide bonds. The first-order valence-electron chi connectivity index (χ1n) is 8.54. The molecule has 1 N–H and O–H groups in total. The Morgan fingerprint density at radius 3 is 2.58 bits per heavy atom. The number of aryl methyl sites for hydroxylation is 1. The Balaban J connectivity index is 1.58. The van der Waals surface area contributed by atoms with Gasteiger partial charge in [0.05, 0.1) is 12.1 Å². The first-order valence-corrected chi connectivity index (χ1v) is 8.54. The number of hydrogen-bond acceptors (Lipinski definition) is 3. The zero-order valence-corrected chi connectivity index (χ0v) is 14.5. The molecule has 3 rings (SSSR count). The smallest absolute Gasteiger partial charge is 0.245 e. The maximum absolute atomic E-state index is 12.8. The zero-order chi connectivity index (χ0) is 18.5. The first-order chi connectivity index (χ1) is 12.6. The number of hydrazone groups is 1. The highest BCUT2D eigenvalue weighted by molar-refractivity contribution is 6.00. The normalized spacial score (nSPS) is 17.1. The van der Waals surface area contributed by atoms with Crippen LogP contribution in [0.1, 0.15) is 24.5 Å². The number of nitrogens with one attached hydrogen (secondary N) is 1. The number of benzene rings is 2. The van der Waals surface area contributed by atoms with Crippen LogP contribution in [0.25, 0.3) is 0 Å². The molecule has 0 spiro atoms. The van der Waals surface area contributed by atoms with Crippen molar-refractivity contribution in [1.82, 2.24) is 5.43 Å². The second kappa shape index (κ2) is 7.91. The predicted octanol–water partition coefficient (Wildman–Crippen LogP) is 2.89. The van der Waals surface area contributed by atoms with Gasteiger partial charge in [0.25, 0.3) is 0 Å². The average molecular weight is 353 g/mol. The number of hydrogen-bond donors (Lipinski definition) is 1. The molecule has 0 radical (unpaired) electrons. The number of anilines is 1. The lowest BCUT2D eigenvalue weighted by molar-refractivity contribution is -0.126. The van der Waals surface area contributed by atoms with Gasteiger partial charge in [-0.25, -0.2) is 9.82 Å². The van der Waals surface area contributed by atoms with Gasteiger partial charge in [0, 0.05) is 18.7 Å². The van der Waals surface area contributed by atoms with E-state index in [0.717, 1.165) is 12.1 Å². The summed E-state index contributed by atoms with van der Waals surface area (Å²) >= 11 is 0. The van der Waals surface area contributed by atoms with Gasteiger partial charge in [-0.2, -0.15) is 5.10 Å². The topological polar surface area (TPSA) is 61.8 Å². The molecule has 1 aliphatic rings. The Morgan fingerprint density at radius 1 is 1.23 bits per heavy atom. The molecule has 0 aromatic heterocycles. The number of carbonyl (C=O) groups is 2. The second-order valence-electron chi connectivity index (χ2n) is 6.21. The Kier molecular flexibility index (Phi) is 5.41. The van der Waals surface area contributed by atoms with Crippen LogP contribution in [0.4, 0.5) is 10.1 Å². The van der Waals surface area contributed by atoms with Crippen molar-refractivity contribution in [2.24, 2.45) is 11.0 Å². The summed E-state index contributed by atoms with van der Waals surface area (Å²) in [6, 6.07) is 13.6. The highest BCUT2D eigenvalue weighted by Crippen LogP contribution is 2.25. The van der Waals surface area contributed by atoms with Crippen molar-refractivity contribution in [2.75, 3.05) is 11.4 Å². The standard InChI is InChI=1S/C20H20FN3O2/c1-2-14-5-9-18(10-6-14)24-13-16(11-19(24)25)20(26)23-22-12-15-3-7-17(21)8-4-15/h3-10,12,16H,2,11,13H2,1H3,(H,23,26)/b22-12+/t16-/m0/s1. The molecule has 1 aliphatic heterocycles. The van der Waals surface area contributed by atoms with Crippen molar-refractivity contribution in [3.63, 3.8) is 0 Å². The number of amides is 2. The number of rotatable bonds is 5. The fourth-order valence-corrected chi connectivity index (χ4v) is 2.85. The van der Waals surface area contributed by atoms with E-state index in [2.05, 4.69) is 17.5 Å². The summed E-state index contributed by atoms with van der Waals surface area (Å²) in [5, 5.41) is 3.88. The minimum Gasteiger partial charge on any atom is -0.312 e. The summed E-state index contributed by atoms with van der Waals surface area (Å²) < 4.78 is 12.8. The van der Waals surface area contributed by atoms with Crippen LogP contribution in [0.15, 0.2) is 53.6 Å². The van der Waals surface area contributed by atoms with Gasteiger partial charge in [-0.1, -0.05) is 31.2 Å². The predicted molar refractivity (Wildman–Crippen MR) is 98.4 cm³/mol. The summed E-state index contributed by atoms with van der Waals surface area (Å²) in [6.45, 7) is 2.41. The summed E-state index contributed by atoms with van der Waals surface area (Å²) in [4.78, 5) is 26.1. The van der Waals surface area contributed by atoms with E-state index in [1.165, 1.54) is 23.9 Å². The van der Waals surface area contributed by atoms with E-state index in [0.29, 0.717) is 12.1 Å². The molecule has 5 nitrogen and oxygen atoms in total.